The Morgan fingerprint density at radius 3 is 2.53 bits per heavy atom. The third-order valence-electron chi connectivity index (χ3n) is 4.59. The molecule has 1 aromatic rings. The maximum atomic E-state index is 12.8. The van der Waals surface area contributed by atoms with Gasteiger partial charge >= 0.3 is 12.1 Å². The number of alkyl carbamates (subject to hydrolysis) is 1. The zero-order valence-electron chi connectivity index (χ0n) is 20.0. The van der Waals surface area contributed by atoms with Gasteiger partial charge in [-0.25, -0.2) is 9.59 Å². The highest BCUT2D eigenvalue weighted by molar-refractivity contribution is 5.81. The van der Waals surface area contributed by atoms with Crippen LogP contribution in [0.25, 0.3) is 0 Å². The van der Waals surface area contributed by atoms with Crippen molar-refractivity contribution in [1.82, 2.24) is 5.32 Å². The van der Waals surface area contributed by atoms with Crippen molar-refractivity contribution in [1.29, 1.82) is 0 Å². The van der Waals surface area contributed by atoms with Crippen LogP contribution < -0.4 is 10.1 Å². The molecule has 0 bridgehead atoms. The van der Waals surface area contributed by atoms with Gasteiger partial charge in [-0.1, -0.05) is 32.0 Å². The normalized spacial score (nSPS) is 25.0. The van der Waals surface area contributed by atoms with E-state index in [4.69, 9.17) is 23.7 Å². The van der Waals surface area contributed by atoms with Crippen LogP contribution in [0.15, 0.2) is 30.3 Å². The van der Waals surface area contributed by atoms with Crippen LogP contribution in [0, 0.1) is 5.92 Å². The van der Waals surface area contributed by atoms with Crippen LogP contribution in [0.2, 0.25) is 0 Å². The van der Waals surface area contributed by atoms with Crippen LogP contribution in [-0.4, -0.2) is 61.8 Å². The molecular formula is C24H37NO7. The fourth-order valence-electron chi connectivity index (χ4n) is 3.15. The lowest BCUT2D eigenvalue weighted by Crippen LogP contribution is -2.51. The Kier molecular flexibility index (Phi) is 9.78. The van der Waals surface area contributed by atoms with Crippen molar-refractivity contribution in [3.63, 3.8) is 0 Å². The van der Waals surface area contributed by atoms with E-state index in [0.29, 0.717) is 12.4 Å². The molecule has 1 aromatic carbocycles. The van der Waals surface area contributed by atoms with Gasteiger partial charge in [0, 0.05) is 19.6 Å². The molecule has 0 saturated carbocycles. The lowest BCUT2D eigenvalue weighted by molar-refractivity contribution is -0.171. The number of hydrogen-bond acceptors (Lipinski definition) is 7. The number of para-hydroxylation sites is 1. The van der Waals surface area contributed by atoms with E-state index in [9.17, 15) is 9.59 Å². The standard InChI is InChI=1S/C24H37NO7/c1-16(2)14-29-21-17(3)30-22(26)19(25-23(27)32-24(4,5)6)12-13-28-15-20(21)31-18-10-8-7-9-11-18/h7-11,16-17,19-21H,12-15H2,1-6H3,(H,25,27)/t17-,19-,20-,21-/m0/s1. The maximum Gasteiger partial charge on any atom is 0.408 e. The number of ether oxygens (including phenoxy) is 5. The molecule has 0 spiro atoms. The molecule has 1 saturated heterocycles. The van der Waals surface area contributed by atoms with Crippen LogP contribution in [0.4, 0.5) is 4.79 Å². The summed E-state index contributed by atoms with van der Waals surface area (Å²) in [7, 11) is 0. The number of nitrogens with one attached hydrogen (secondary N) is 1. The second kappa shape index (κ2) is 12.1. The van der Waals surface area contributed by atoms with E-state index in [2.05, 4.69) is 5.32 Å². The predicted molar refractivity (Wildman–Crippen MR) is 120 cm³/mol. The summed E-state index contributed by atoms with van der Waals surface area (Å²) in [6.07, 6.45) is -2.08. The first kappa shape index (κ1) is 25.9. The molecule has 0 aliphatic carbocycles. The number of hydrogen-bond donors (Lipinski definition) is 1. The molecule has 180 valence electrons. The summed E-state index contributed by atoms with van der Waals surface area (Å²) in [5.74, 6) is 0.401. The van der Waals surface area contributed by atoms with Crippen LogP contribution in [0.1, 0.15) is 48.0 Å². The number of esters is 1. The molecule has 32 heavy (non-hydrogen) atoms. The van der Waals surface area contributed by atoms with Crippen molar-refractivity contribution in [3.05, 3.63) is 30.3 Å². The summed E-state index contributed by atoms with van der Waals surface area (Å²) in [5.41, 5.74) is -0.675. The number of cyclic esters (lactones) is 1. The van der Waals surface area contributed by atoms with Crippen LogP contribution in [0.5, 0.6) is 5.75 Å². The van der Waals surface area contributed by atoms with Crippen LogP contribution >= 0.6 is 0 Å². The van der Waals surface area contributed by atoms with Crippen LogP contribution in [0.3, 0.4) is 0 Å². The number of benzene rings is 1. The third-order valence-corrected chi connectivity index (χ3v) is 4.59. The van der Waals surface area contributed by atoms with Crippen molar-refractivity contribution in [2.75, 3.05) is 19.8 Å². The van der Waals surface area contributed by atoms with Gasteiger partial charge in [-0.15, -0.1) is 0 Å². The average Bonchev–Trinajstić information content (AvgIpc) is 2.68. The zero-order valence-corrected chi connectivity index (χ0v) is 20.0. The minimum atomic E-state index is -0.885. The average molecular weight is 452 g/mol. The Labute approximate surface area is 190 Å². The fraction of sp³-hybridized carbons (Fsp3) is 0.667. The Balaban J connectivity index is 2.14. The van der Waals surface area contributed by atoms with Crippen molar-refractivity contribution in [2.24, 2.45) is 5.92 Å². The van der Waals surface area contributed by atoms with Gasteiger partial charge in [0.15, 0.2) is 6.10 Å². The molecular weight excluding hydrogens is 414 g/mol. The number of carbonyl (C=O) groups excluding carboxylic acids is 2. The van der Waals surface area contributed by atoms with Crippen LogP contribution in [-0.2, 0) is 23.7 Å². The minimum absolute atomic E-state index is 0.232. The monoisotopic (exact) mass is 451 g/mol. The topological polar surface area (TPSA) is 92.3 Å². The second-order valence-electron chi connectivity index (χ2n) is 9.37. The molecule has 1 amide bonds. The van der Waals surface area contributed by atoms with E-state index in [1.54, 1.807) is 27.7 Å². The summed E-state index contributed by atoms with van der Waals surface area (Å²) >= 11 is 0. The van der Waals surface area contributed by atoms with E-state index in [-0.39, 0.29) is 25.6 Å². The Bertz CT molecular complexity index is 717. The highest BCUT2D eigenvalue weighted by atomic mass is 16.6. The molecule has 2 rings (SSSR count). The summed E-state index contributed by atoms with van der Waals surface area (Å²) in [6, 6.07) is 8.51. The summed E-state index contributed by atoms with van der Waals surface area (Å²) in [4.78, 5) is 25.0. The lowest BCUT2D eigenvalue weighted by Gasteiger charge is -2.34. The fourth-order valence-corrected chi connectivity index (χ4v) is 3.15. The van der Waals surface area contributed by atoms with Gasteiger partial charge in [-0.05, 0) is 45.7 Å². The summed E-state index contributed by atoms with van der Waals surface area (Å²) < 4.78 is 29.1. The van der Waals surface area contributed by atoms with Crippen molar-refractivity contribution in [2.45, 2.75) is 77.9 Å². The molecule has 1 N–H and O–H groups in total. The number of amides is 1. The third kappa shape index (κ3) is 9.04. The van der Waals surface area contributed by atoms with E-state index in [0.717, 1.165) is 0 Å². The molecule has 1 heterocycles. The van der Waals surface area contributed by atoms with Gasteiger partial charge in [-0.3, -0.25) is 0 Å². The summed E-state index contributed by atoms with van der Waals surface area (Å²) in [6.45, 7) is 12.1. The second-order valence-corrected chi connectivity index (χ2v) is 9.37. The van der Waals surface area contributed by atoms with Crippen molar-refractivity contribution < 1.29 is 33.3 Å². The molecule has 8 heteroatoms. The summed E-state index contributed by atoms with van der Waals surface area (Å²) in [5, 5.41) is 2.59. The van der Waals surface area contributed by atoms with Crippen molar-refractivity contribution in [3.8, 4) is 5.75 Å². The first-order chi connectivity index (χ1) is 15.0. The molecule has 1 fully saturated rings. The predicted octanol–water partition coefficient (Wildman–Crippen LogP) is 3.72. The molecule has 0 radical (unpaired) electrons. The zero-order chi connectivity index (χ0) is 23.7. The van der Waals surface area contributed by atoms with Gasteiger partial charge < -0.3 is 29.0 Å². The first-order valence-corrected chi connectivity index (χ1v) is 11.2. The molecule has 4 atom stereocenters. The lowest BCUT2D eigenvalue weighted by atomic mass is 10.1. The number of rotatable bonds is 6. The Hall–Kier alpha value is -2.32. The molecule has 0 aromatic heterocycles. The van der Waals surface area contributed by atoms with Gasteiger partial charge in [0.05, 0.1) is 6.61 Å². The molecule has 1 aliphatic heterocycles. The van der Waals surface area contributed by atoms with E-state index in [1.807, 2.05) is 44.2 Å². The van der Waals surface area contributed by atoms with E-state index >= 15 is 0 Å². The van der Waals surface area contributed by atoms with Gasteiger partial charge in [-0.2, -0.15) is 0 Å². The quantitative estimate of drug-likeness (QED) is 0.659. The maximum absolute atomic E-state index is 12.8. The Morgan fingerprint density at radius 1 is 1.22 bits per heavy atom. The smallest absolute Gasteiger partial charge is 0.408 e. The molecule has 0 unspecified atom stereocenters. The first-order valence-electron chi connectivity index (χ1n) is 11.2. The molecule has 8 nitrogen and oxygen atoms in total. The van der Waals surface area contributed by atoms with Crippen molar-refractivity contribution >= 4 is 12.1 Å². The molecule has 1 aliphatic rings. The van der Waals surface area contributed by atoms with Gasteiger partial charge in [0.2, 0.25) is 0 Å². The van der Waals surface area contributed by atoms with Gasteiger partial charge in [0.1, 0.15) is 29.6 Å². The van der Waals surface area contributed by atoms with Gasteiger partial charge in [0.25, 0.3) is 0 Å². The van der Waals surface area contributed by atoms with E-state index < -0.39 is 42.0 Å². The SMILES string of the molecule is CC(C)CO[C@H]1[C@H](C)OC(=O)[C@@H](NC(=O)OC(C)(C)C)CCOC[C@@H]1Oc1ccccc1. The highest BCUT2D eigenvalue weighted by Crippen LogP contribution is 2.20. The van der Waals surface area contributed by atoms with E-state index in [1.165, 1.54) is 0 Å². The minimum Gasteiger partial charge on any atom is -0.485 e. The highest BCUT2D eigenvalue weighted by Gasteiger charge is 2.36. The Morgan fingerprint density at radius 2 is 1.91 bits per heavy atom. The number of carbonyl (C=O) groups is 2. The largest absolute Gasteiger partial charge is 0.485 e.